The Hall–Kier alpha value is -1.13. The predicted octanol–water partition coefficient (Wildman–Crippen LogP) is 2.47. The maximum absolute atomic E-state index is 5.82. The highest BCUT2D eigenvalue weighted by atomic mass is 32.1. The minimum Gasteiger partial charge on any atom is -0.359 e. The Morgan fingerprint density at radius 2 is 2.29 bits per heavy atom. The van der Waals surface area contributed by atoms with E-state index in [2.05, 4.69) is 34.4 Å². The Bertz CT molecular complexity index is 516. The molecule has 1 aliphatic carbocycles. The minimum absolute atomic E-state index is 0.429. The third kappa shape index (κ3) is 2.03. The molecule has 0 saturated heterocycles. The first-order valence-corrected chi connectivity index (χ1v) is 6.91. The van der Waals surface area contributed by atoms with Crippen LogP contribution in [-0.2, 0) is 0 Å². The van der Waals surface area contributed by atoms with Gasteiger partial charge < -0.3 is 10.6 Å². The zero-order valence-corrected chi connectivity index (χ0v) is 10.8. The molecule has 17 heavy (non-hydrogen) atoms. The minimum atomic E-state index is 0.429. The number of pyridine rings is 1. The maximum atomic E-state index is 5.82. The van der Waals surface area contributed by atoms with Gasteiger partial charge in [-0.05, 0) is 36.3 Å². The molecule has 0 atom stereocenters. The lowest BCUT2D eigenvalue weighted by molar-refractivity contribution is 0.271. The lowest BCUT2D eigenvalue weighted by atomic mass is 9.80. The van der Waals surface area contributed by atoms with E-state index in [1.54, 1.807) is 11.3 Å². The van der Waals surface area contributed by atoms with Crippen molar-refractivity contribution in [2.75, 3.05) is 18.5 Å². The quantitative estimate of drug-likeness (QED) is 0.906. The summed E-state index contributed by atoms with van der Waals surface area (Å²) >= 11 is 1.77. The van der Waals surface area contributed by atoms with E-state index in [-0.39, 0.29) is 0 Å². The van der Waals surface area contributed by atoms with E-state index in [4.69, 9.17) is 5.73 Å². The van der Waals surface area contributed by atoms with Crippen molar-refractivity contribution in [3.05, 3.63) is 23.7 Å². The van der Waals surface area contributed by atoms with Gasteiger partial charge in [-0.3, -0.25) is 0 Å². The molecular weight excluding hydrogens is 230 g/mol. The van der Waals surface area contributed by atoms with Crippen LogP contribution in [0, 0.1) is 5.92 Å². The van der Waals surface area contributed by atoms with Gasteiger partial charge in [-0.1, -0.05) is 0 Å². The topological polar surface area (TPSA) is 42.1 Å². The first-order chi connectivity index (χ1) is 8.24. The first kappa shape index (κ1) is 11.0. The monoisotopic (exact) mass is 247 g/mol. The van der Waals surface area contributed by atoms with E-state index < -0.39 is 0 Å². The molecule has 0 spiro atoms. The molecule has 0 aliphatic heterocycles. The fraction of sp³-hybridized carbons (Fsp3) is 0.462. The van der Waals surface area contributed by atoms with Crippen LogP contribution in [0.25, 0.3) is 10.1 Å². The Balaban J connectivity index is 1.80. The standard InChI is InChI=1S/C13H17N3S/c1-16(8-9-6-10(14)7-9)13-11-3-5-17-12(11)2-4-15-13/h2-5,9-10H,6-8,14H2,1H3. The van der Waals surface area contributed by atoms with Gasteiger partial charge in [0, 0.05) is 35.9 Å². The van der Waals surface area contributed by atoms with Crippen molar-refractivity contribution < 1.29 is 0 Å². The second-order valence-corrected chi connectivity index (χ2v) is 5.89. The number of aromatic nitrogens is 1. The summed E-state index contributed by atoms with van der Waals surface area (Å²) in [6, 6.07) is 4.67. The summed E-state index contributed by atoms with van der Waals surface area (Å²) in [5.74, 6) is 1.84. The summed E-state index contributed by atoms with van der Waals surface area (Å²) in [5, 5.41) is 3.40. The van der Waals surface area contributed by atoms with Crippen LogP contribution in [0.2, 0.25) is 0 Å². The van der Waals surface area contributed by atoms with Crippen molar-refractivity contribution in [2.45, 2.75) is 18.9 Å². The van der Waals surface area contributed by atoms with Crippen molar-refractivity contribution in [1.29, 1.82) is 0 Å². The molecule has 0 radical (unpaired) electrons. The van der Waals surface area contributed by atoms with Gasteiger partial charge in [0.1, 0.15) is 5.82 Å². The third-order valence-electron chi connectivity index (χ3n) is 3.52. The van der Waals surface area contributed by atoms with E-state index in [1.807, 2.05) is 6.20 Å². The van der Waals surface area contributed by atoms with Crippen LogP contribution in [-0.4, -0.2) is 24.6 Å². The average Bonchev–Trinajstić information content (AvgIpc) is 2.74. The molecule has 3 nitrogen and oxygen atoms in total. The summed E-state index contributed by atoms with van der Waals surface area (Å²) in [6.45, 7) is 1.07. The predicted molar refractivity (Wildman–Crippen MR) is 73.6 cm³/mol. The molecule has 2 aromatic heterocycles. The van der Waals surface area contributed by atoms with Gasteiger partial charge in [-0.15, -0.1) is 11.3 Å². The van der Waals surface area contributed by atoms with Crippen LogP contribution >= 0.6 is 11.3 Å². The van der Waals surface area contributed by atoms with Gasteiger partial charge in [-0.25, -0.2) is 4.98 Å². The number of nitrogens with zero attached hydrogens (tertiary/aromatic N) is 2. The van der Waals surface area contributed by atoms with Crippen molar-refractivity contribution in [1.82, 2.24) is 4.98 Å². The largest absolute Gasteiger partial charge is 0.359 e. The van der Waals surface area contributed by atoms with Crippen molar-refractivity contribution in [3.8, 4) is 0 Å². The number of hydrogen-bond donors (Lipinski definition) is 1. The molecule has 2 N–H and O–H groups in total. The van der Waals surface area contributed by atoms with Gasteiger partial charge in [0.25, 0.3) is 0 Å². The van der Waals surface area contributed by atoms with Gasteiger partial charge in [0.15, 0.2) is 0 Å². The van der Waals surface area contributed by atoms with Crippen LogP contribution in [0.3, 0.4) is 0 Å². The maximum Gasteiger partial charge on any atom is 0.137 e. The SMILES string of the molecule is CN(CC1CC(N)C1)c1nccc2sccc12. The zero-order chi connectivity index (χ0) is 11.8. The van der Waals surface area contributed by atoms with Gasteiger partial charge in [0.05, 0.1) is 0 Å². The van der Waals surface area contributed by atoms with Gasteiger partial charge in [-0.2, -0.15) is 0 Å². The molecule has 2 aromatic rings. The van der Waals surface area contributed by atoms with Crippen LogP contribution < -0.4 is 10.6 Å². The molecule has 4 heteroatoms. The van der Waals surface area contributed by atoms with Crippen LogP contribution in [0.1, 0.15) is 12.8 Å². The Morgan fingerprint density at radius 1 is 1.47 bits per heavy atom. The molecule has 0 unspecified atom stereocenters. The van der Waals surface area contributed by atoms with Gasteiger partial charge in [0.2, 0.25) is 0 Å². The normalized spacial score (nSPS) is 23.6. The highest BCUT2D eigenvalue weighted by molar-refractivity contribution is 7.17. The van der Waals surface area contributed by atoms with Crippen LogP contribution in [0.4, 0.5) is 5.82 Å². The number of fused-ring (bicyclic) bond motifs is 1. The fourth-order valence-electron chi connectivity index (χ4n) is 2.59. The number of hydrogen-bond acceptors (Lipinski definition) is 4. The number of thiophene rings is 1. The van der Waals surface area contributed by atoms with E-state index in [1.165, 1.54) is 10.1 Å². The van der Waals surface area contributed by atoms with Gasteiger partial charge >= 0.3 is 0 Å². The molecule has 0 aromatic carbocycles. The Labute approximate surface area is 105 Å². The number of nitrogens with two attached hydrogens (primary N) is 1. The fourth-order valence-corrected chi connectivity index (χ4v) is 3.37. The summed E-state index contributed by atoms with van der Waals surface area (Å²) in [7, 11) is 2.13. The lowest BCUT2D eigenvalue weighted by Crippen LogP contribution is -2.42. The highest BCUT2D eigenvalue weighted by Crippen LogP contribution is 2.31. The van der Waals surface area contributed by atoms with Crippen LogP contribution in [0.5, 0.6) is 0 Å². The smallest absolute Gasteiger partial charge is 0.137 e. The molecule has 1 aliphatic rings. The summed E-state index contributed by atoms with van der Waals surface area (Å²) in [6.07, 6.45) is 4.21. The third-order valence-corrected chi connectivity index (χ3v) is 4.41. The second kappa shape index (κ2) is 4.27. The highest BCUT2D eigenvalue weighted by Gasteiger charge is 2.27. The molecule has 3 rings (SSSR count). The molecule has 2 heterocycles. The molecule has 1 fully saturated rings. The van der Waals surface area contributed by atoms with E-state index >= 15 is 0 Å². The summed E-state index contributed by atoms with van der Waals surface area (Å²) in [4.78, 5) is 6.78. The van der Waals surface area contributed by atoms with E-state index in [9.17, 15) is 0 Å². The molecule has 0 bridgehead atoms. The van der Waals surface area contributed by atoms with E-state index in [0.29, 0.717) is 6.04 Å². The Kier molecular flexibility index (Phi) is 2.76. The molecular formula is C13H17N3S. The Morgan fingerprint density at radius 3 is 3.06 bits per heavy atom. The van der Waals surface area contributed by atoms with E-state index in [0.717, 1.165) is 31.1 Å². The second-order valence-electron chi connectivity index (χ2n) is 4.95. The molecule has 1 saturated carbocycles. The van der Waals surface area contributed by atoms with Crippen molar-refractivity contribution in [3.63, 3.8) is 0 Å². The van der Waals surface area contributed by atoms with Crippen molar-refractivity contribution >= 4 is 27.2 Å². The molecule has 90 valence electrons. The summed E-state index contributed by atoms with van der Waals surface area (Å²) < 4.78 is 1.31. The zero-order valence-electron chi connectivity index (χ0n) is 9.97. The van der Waals surface area contributed by atoms with Crippen LogP contribution in [0.15, 0.2) is 23.7 Å². The molecule has 0 amide bonds. The first-order valence-electron chi connectivity index (χ1n) is 6.03. The number of rotatable bonds is 3. The lowest BCUT2D eigenvalue weighted by Gasteiger charge is -2.35. The number of anilines is 1. The van der Waals surface area contributed by atoms with Crippen molar-refractivity contribution in [2.24, 2.45) is 11.7 Å². The average molecular weight is 247 g/mol. The summed E-state index contributed by atoms with van der Waals surface area (Å²) in [5.41, 5.74) is 5.82.